The summed E-state index contributed by atoms with van der Waals surface area (Å²) in [6.45, 7) is 1.14. The second-order valence-electron chi connectivity index (χ2n) is 3.56. The Morgan fingerprint density at radius 3 is 2.31 bits per heavy atom. The molecule has 0 fully saturated rings. The third kappa shape index (κ3) is 4.15. The minimum Gasteiger partial charge on any atom is -0.366 e. The van der Waals surface area contributed by atoms with Crippen LogP contribution < -0.4 is 5.73 Å². The maximum absolute atomic E-state index is 12.1. The van der Waals surface area contributed by atoms with Crippen LogP contribution in [0.4, 0.5) is 8.78 Å². The van der Waals surface area contributed by atoms with Gasteiger partial charge in [-0.25, -0.2) is 8.78 Å². The summed E-state index contributed by atoms with van der Waals surface area (Å²) in [6, 6.07) is 6.94. The van der Waals surface area contributed by atoms with Crippen molar-refractivity contribution in [2.24, 2.45) is 5.73 Å². The van der Waals surface area contributed by atoms with Gasteiger partial charge in [0.05, 0.1) is 6.10 Å². The summed E-state index contributed by atoms with van der Waals surface area (Å²) < 4.78 is 30.2. The largest absolute Gasteiger partial charge is 0.366 e. The Morgan fingerprint density at radius 2 is 1.88 bits per heavy atom. The van der Waals surface area contributed by atoms with Crippen molar-refractivity contribution in [1.82, 2.24) is 0 Å². The zero-order valence-electron chi connectivity index (χ0n) is 8.87. The zero-order valence-corrected chi connectivity index (χ0v) is 10.5. The monoisotopic (exact) mass is 293 g/mol. The van der Waals surface area contributed by atoms with E-state index >= 15 is 0 Å². The smallest absolute Gasteiger partial charge is 0.261 e. The van der Waals surface area contributed by atoms with Crippen LogP contribution in [0, 0.1) is 0 Å². The Labute approximate surface area is 102 Å². The average molecular weight is 294 g/mol. The van der Waals surface area contributed by atoms with Crippen LogP contribution in [0.3, 0.4) is 0 Å². The van der Waals surface area contributed by atoms with Crippen LogP contribution in [0.25, 0.3) is 0 Å². The van der Waals surface area contributed by atoms with Crippen LogP contribution in [0.15, 0.2) is 28.7 Å². The quantitative estimate of drug-likeness (QED) is 0.905. The van der Waals surface area contributed by atoms with Gasteiger partial charge in [0.15, 0.2) is 0 Å². The van der Waals surface area contributed by atoms with Crippen LogP contribution in [0.2, 0.25) is 0 Å². The van der Waals surface area contributed by atoms with Gasteiger partial charge < -0.3 is 10.5 Å². The Balaban J connectivity index is 2.73. The molecular weight excluding hydrogens is 280 g/mol. The standard InChI is InChI=1S/C11H14BrF2NO/c1-7(15)11(16-6-10(13)14)8-2-4-9(12)5-3-8/h2-5,7,10-11H,6,15H2,1H3. The molecule has 16 heavy (non-hydrogen) atoms. The maximum atomic E-state index is 12.1. The third-order valence-electron chi connectivity index (χ3n) is 2.08. The highest BCUT2D eigenvalue weighted by atomic mass is 79.9. The molecule has 90 valence electrons. The predicted octanol–water partition coefficient (Wildman–Crippen LogP) is 3.12. The van der Waals surface area contributed by atoms with Crippen molar-refractivity contribution >= 4 is 15.9 Å². The van der Waals surface area contributed by atoms with E-state index in [0.717, 1.165) is 10.0 Å². The van der Waals surface area contributed by atoms with E-state index in [4.69, 9.17) is 10.5 Å². The molecule has 0 spiro atoms. The molecule has 0 amide bonds. The highest BCUT2D eigenvalue weighted by Gasteiger charge is 2.18. The van der Waals surface area contributed by atoms with Crippen molar-refractivity contribution < 1.29 is 13.5 Å². The summed E-state index contributed by atoms with van der Waals surface area (Å²) in [7, 11) is 0. The normalized spacial score (nSPS) is 15.1. The van der Waals surface area contributed by atoms with Crippen molar-refractivity contribution in [3.05, 3.63) is 34.3 Å². The van der Waals surface area contributed by atoms with E-state index in [1.54, 1.807) is 6.92 Å². The summed E-state index contributed by atoms with van der Waals surface area (Å²) in [4.78, 5) is 0. The van der Waals surface area contributed by atoms with Gasteiger partial charge in [-0.2, -0.15) is 0 Å². The van der Waals surface area contributed by atoms with Crippen molar-refractivity contribution in [3.8, 4) is 0 Å². The first-order valence-electron chi connectivity index (χ1n) is 4.91. The number of hydrogen-bond donors (Lipinski definition) is 1. The van der Waals surface area contributed by atoms with Crippen molar-refractivity contribution in [1.29, 1.82) is 0 Å². The number of ether oxygens (including phenoxy) is 1. The van der Waals surface area contributed by atoms with Gasteiger partial charge in [0.25, 0.3) is 6.43 Å². The molecule has 0 saturated carbocycles. The zero-order chi connectivity index (χ0) is 12.1. The molecular formula is C11H14BrF2NO. The molecule has 2 N–H and O–H groups in total. The molecule has 2 unspecified atom stereocenters. The second kappa shape index (κ2) is 6.27. The van der Waals surface area contributed by atoms with Gasteiger partial charge in [-0.05, 0) is 24.6 Å². The Bertz CT molecular complexity index is 316. The lowest BCUT2D eigenvalue weighted by molar-refractivity contribution is -0.0326. The van der Waals surface area contributed by atoms with Crippen molar-refractivity contribution in [2.75, 3.05) is 6.61 Å². The van der Waals surface area contributed by atoms with E-state index < -0.39 is 19.1 Å². The minimum atomic E-state index is -2.48. The van der Waals surface area contributed by atoms with Gasteiger partial charge in [-0.3, -0.25) is 0 Å². The van der Waals surface area contributed by atoms with E-state index in [-0.39, 0.29) is 6.04 Å². The van der Waals surface area contributed by atoms with E-state index in [1.165, 1.54) is 0 Å². The average Bonchev–Trinajstić information content (AvgIpc) is 2.20. The van der Waals surface area contributed by atoms with Gasteiger partial charge in [-0.15, -0.1) is 0 Å². The summed E-state index contributed by atoms with van der Waals surface area (Å²) in [6.07, 6.45) is -2.97. The van der Waals surface area contributed by atoms with Crippen LogP contribution in [-0.2, 0) is 4.74 Å². The molecule has 0 aliphatic heterocycles. The lowest BCUT2D eigenvalue weighted by Crippen LogP contribution is -2.28. The Hall–Kier alpha value is -0.520. The van der Waals surface area contributed by atoms with Crippen molar-refractivity contribution in [3.63, 3.8) is 0 Å². The molecule has 2 atom stereocenters. The highest BCUT2D eigenvalue weighted by molar-refractivity contribution is 9.10. The number of benzene rings is 1. The van der Waals surface area contributed by atoms with E-state index in [2.05, 4.69) is 15.9 Å². The van der Waals surface area contributed by atoms with Gasteiger partial charge in [0, 0.05) is 10.5 Å². The molecule has 0 heterocycles. The SMILES string of the molecule is CC(N)C(OCC(F)F)c1ccc(Br)cc1. The van der Waals surface area contributed by atoms with Crippen LogP contribution in [0.1, 0.15) is 18.6 Å². The third-order valence-corrected chi connectivity index (χ3v) is 2.61. The number of nitrogens with two attached hydrogens (primary N) is 1. The summed E-state index contributed by atoms with van der Waals surface area (Å²) in [5.41, 5.74) is 6.52. The fraction of sp³-hybridized carbons (Fsp3) is 0.455. The van der Waals surface area contributed by atoms with Gasteiger partial charge in [0.1, 0.15) is 6.61 Å². The molecule has 1 rings (SSSR count). The molecule has 0 aliphatic rings. The number of rotatable bonds is 5. The predicted molar refractivity (Wildman–Crippen MR) is 62.5 cm³/mol. The number of alkyl halides is 2. The molecule has 5 heteroatoms. The molecule has 0 bridgehead atoms. The molecule has 0 radical (unpaired) electrons. The maximum Gasteiger partial charge on any atom is 0.261 e. The second-order valence-corrected chi connectivity index (χ2v) is 4.47. The van der Waals surface area contributed by atoms with Gasteiger partial charge in [0.2, 0.25) is 0 Å². The highest BCUT2D eigenvalue weighted by Crippen LogP contribution is 2.22. The molecule has 1 aromatic rings. The lowest BCUT2D eigenvalue weighted by Gasteiger charge is -2.21. The number of hydrogen-bond acceptors (Lipinski definition) is 2. The fourth-order valence-corrected chi connectivity index (χ4v) is 1.64. The number of halogens is 3. The van der Waals surface area contributed by atoms with Crippen LogP contribution >= 0.6 is 15.9 Å². The first kappa shape index (κ1) is 13.5. The van der Waals surface area contributed by atoms with E-state index in [9.17, 15) is 8.78 Å². The summed E-state index contributed by atoms with van der Waals surface area (Å²) >= 11 is 3.30. The molecule has 0 saturated heterocycles. The summed E-state index contributed by atoms with van der Waals surface area (Å²) in [5.74, 6) is 0. The molecule has 2 nitrogen and oxygen atoms in total. The lowest BCUT2D eigenvalue weighted by atomic mass is 10.0. The Morgan fingerprint density at radius 1 is 1.31 bits per heavy atom. The molecule has 1 aromatic carbocycles. The van der Waals surface area contributed by atoms with Gasteiger partial charge >= 0.3 is 0 Å². The first-order chi connectivity index (χ1) is 7.50. The van der Waals surface area contributed by atoms with Gasteiger partial charge in [-0.1, -0.05) is 28.1 Å². The molecule has 0 aromatic heterocycles. The first-order valence-corrected chi connectivity index (χ1v) is 5.71. The topological polar surface area (TPSA) is 35.2 Å². The van der Waals surface area contributed by atoms with Crippen LogP contribution in [-0.4, -0.2) is 19.1 Å². The molecule has 0 aliphatic carbocycles. The van der Waals surface area contributed by atoms with Crippen molar-refractivity contribution in [2.45, 2.75) is 25.5 Å². The Kier molecular flexibility index (Phi) is 5.31. The fourth-order valence-electron chi connectivity index (χ4n) is 1.38. The van der Waals surface area contributed by atoms with Crippen LogP contribution in [0.5, 0.6) is 0 Å². The van der Waals surface area contributed by atoms with E-state index in [0.29, 0.717) is 0 Å². The summed E-state index contributed by atoms with van der Waals surface area (Å²) in [5, 5.41) is 0. The minimum absolute atomic E-state index is 0.333. The van der Waals surface area contributed by atoms with E-state index in [1.807, 2.05) is 24.3 Å².